The second-order valence-corrected chi connectivity index (χ2v) is 8.15. The van der Waals surface area contributed by atoms with E-state index in [0.717, 1.165) is 6.07 Å². The summed E-state index contributed by atoms with van der Waals surface area (Å²) in [6.07, 6.45) is 4.06. The average molecular weight is 482 g/mol. The number of alkyl halides is 3. The van der Waals surface area contributed by atoms with E-state index in [-0.39, 0.29) is 24.1 Å². The molecular weight excluding hydrogens is 464 g/mol. The molecule has 3 aromatic heterocycles. The van der Waals surface area contributed by atoms with Crippen molar-refractivity contribution in [1.29, 1.82) is 0 Å². The molecule has 1 aromatic carbocycles. The van der Waals surface area contributed by atoms with Crippen molar-refractivity contribution in [3.63, 3.8) is 0 Å². The molecule has 3 heterocycles. The third kappa shape index (κ3) is 4.23. The highest BCUT2D eigenvalue weighted by atomic mass is 19.4. The molecule has 1 aliphatic rings. The Morgan fingerprint density at radius 1 is 1.20 bits per heavy atom. The number of hydrogen-bond acceptors (Lipinski definition) is 4. The summed E-state index contributed by atoms with van der Waals surface area (Å²) in [7, 11) is 0. The lowest BCUT2D eigenvalue weighted by atomic mass is 9.96. The van der Waals surface area contributed by atoms with Crippen LogP contribution in [0.3, 0.4) is 0 Å². The summed E-state index contributed by atoms with van der Waals surface area (Å²) < 4.78 is 61.8. The van der Waals surface area contributed by atoms with Gasteiger partial charge in [0.2, 0.25) is 5.82 Å². The Bertz CT molecular complexity index is 1480. The number of oxazole rings is 1. The standard InChI is InChI=1S/C25H18F4N4O2/c1-14-11-16(26)5-7-20(14)32-23(34)18-12-15(4-6-19(18)25(27,28)29)17-3-2-9-33-21(17)13-31-22(33)24-30-8-10-35-24/h2-10,12-14H,11H2,1H3,(H,32,34)/t14-/m1/s1. The first kappa shape index (κ1) is 22.6. The summed E-state index contributed by atoms with van der Waals surface area (Å²) in [4.78, 5) is 21.4. The maximum Gasteiger partial charge on any atom is 0.417 e. The number of fused-ring (bicyclic) bond motifs is 1. The van der Waals surface area contributed by atoms with Gasteiger partial charge in [0.1, 0.15) is 12.1 Å². The number of nitrogens with zero attached hydrogens (tertiary/aromatic N) is 3. The zero-order valence-electron chi connectivity index (χ0n) is 18.3. The van der Waals surface area contributed by atoms with Crippen LogP contribution in [0.5, 0.6) is 0 Å². The molecule has 1 N–H and O–H groups in total. The molecule has 178 valence electrons. The number of rotatable bonds is 4. The summed E-state index contributed by atoms with van der Waals surface area (Å²) in [5.74, 6) is -0.943. The van der Waals surface area contributed by atoms with Crippen molar-refractivity contribution in [2.24, 2.45) is 5.92 Å². The van der Waals surface area contributed by atoms with Crippen molar-refractivity contribution in [1.82, 2.24) is 19.7 Å². The molecule has 5 rings (SSSR count). The summed E-state index contributed by atoms with van der Waals surface area (Å²) in [6.45, 7) is 1.69. The smallest absolute Gasteiger partial charge is 0.417 e. The lowest BCUT2D eigenvalue weighted by molar-refractivity contribution is -0.137. The summed E-state index contributed by atoms with van der Waals surface area (Å²) >= 11 is 0. The Kier molecular flexibility index (Phi) is 5.50. The largest absolute Gasteiger partial charge is 0.442 e. The molecule has 35 heavy (non-hydrogen) atoms. The predicted molar refractivity (Wildman–Crippen MR) is 120 cm³/mol. The van der Waals surface area contributed by atoms with Gasteiger partial charge in [-0.05, 0) is 35.9 Å². The van der Waals surface area contributed by atoms with E-state index < -0.39 is 23.2 Å². The maximum atomic E-state index is 13.8. The number of halogens is 4. The van der Waals surface area contributed by atoms with E-state index in [1.165, 1.54) is 36.7 Å². The van der Waals surface area contributed by atoms with Crippen LogP contribution in [-0.4, -0.2) is 20.3 Å². The van der Waals surface area contributed by atoms with Gasteiger partial charge in [-0.2, -0.15) is 13.2 Å². The van der Waals surface area contributed by atoms with E-state index in [2.05, 4.69) is 15.3 Å². The third-order valence-corrected chi connectivity index (χ3v) is 5.81. The van der Waals surface area contributed by atoms with Gasteiger partial charge in [-0.15, -0.1) is 0 Å². The Balaban J connectivity index is 1.59. The molecule has 1 aliphatic carbocycles. The quantitative estimate of drug-likeness (QED) is 0.353. The Hall–Kier alpha value is -4.21. The average Bonchev–Trinajstić information content (AvgIpc) is 3.49. The Labute approximate surface area is 196 Å². The van der Waals surface area contributed by atoms with Gasteiger partial charge in [0, 0.05) is 29.8 Å². The molecule has 6 nitrogen and oxygen atoms in total. The number of carbonyl (C=O) groups is 1. The SMILES string of the molecule is C[C@@H]1CC(F)=CC=C1NC(=O)c1cc(-c2cccn3c(-c4ncco4)ncc23)ccc1C(F)(F)F. The third-order valence-electron chi connectivity index (χ3n) is 5.81. The van der Waals surface area contributed by atoms with Crippen molar-refractivity contribution < 1.29 is 26.8 Å². The van der Waals surface area contributed by atoms with Crippen LogP contribution in [0, 0.1) is 5.92 Å². The summed E-state index contributed by atoms with van der Waals surface area (Å²) in [5, 5.41) is 2.53. The first-order valence-corrected chi connectivity index (χ1v) is 10.7. The van der Waals surface area contributed by atoms with Gasteiger partial charge in [-0.3, -0.25) is 9.20 Å². The fourth-order valence-corrected chi connectivity index (χ4v) is 4.08. The number of nitrogens with one attached hydrogen (secondary N) is 1. The van der Waals surface area contributed by atoms with Crippen molar-refractivity contribution in [3.8, 4) is 22.8 Å². The molecule has 0 fully saturated rings. The fraction of sp³-hybridized carbons (Fsp3) is 0.160. The normalized spacial score (nSPS) is 16.2. The highest BCUT2D eigenvalue weighted by Crippen LogP contribution is 2.36. The second kappa shape index (κ2) is 8.53. The first-order chi connectivity index (χ1) is 16.7. The van der Waals surface area contributed by atoms with Gasteiger partial charge in [-0.25, -0.2) is 14.4 Å². The van der Waals surface area contributed by atoms with Gasteiger partial charge >= 0.3 is 6.18 Å². The molecule has 4 aromatic rings. The van der Waals surface area contributed by atoms with Gasteiger partial charge in [0.15, 0.2) is 0 Å². The molecule has 10 heteroatoms. The molecule has 1 amide bonds. The maximum absolute atomic E-state index is 13.8. The molecular formula is C25H18F4N4O2. The minimum absolute atomic E-state index is 0.0638. The van der Waals surface area contributed by atoms with E-state index in [4.69, 9.17) is 4.42 Å². The molecule has 0 spiro atoms. The zero-order valence-corrected chi connectivity index (χ0v) is 18.3. The van der Waals surface area contributed by atoms with Crippen LogP contribution in [0.4, 0.5) is 17.6 Å². The van der Waals surface area contributed by atoms with Crippen LogP contribution in [0.15, 0.2) is 83.3 Å². The van der Waals surface area contributed by atoms with Crippen LogP contribution < -0.4 is 5.32 Å². The fourth-order valence-electron chi connectivity index (χ4n) is 4.08. The second-order valence-electron chi connectivity index (χ2n) is 8.15. The van der Waals surface area contributed by atoms with Crippen LogP contribution in [0.1, 0.15) is 29.3 Å². The summed E-state index contributed by atoms with van der Waals surface area (Å²) in [6, 6.07) is 6.84. The Morgan fingerprint density at radius 3 is 2.74 bits per heavy atom. The molecule has 0 aliphatic heterocycles. The number of benzene rings is 1. The van der Waals surface area contributed by atoms with Gasteiger partial charge in [0.25, 0.3) is 11.8 Å². The van der Waals surface area contributed by atoms with Crippen LogP contribution in [0.25, 0.3) is 28.4 Å². The minimum Gasteiger partial charge on any atom is -0.442 e. The molecule has 0 unspecified atom stereocenters. The topological polar surface area (TPSA) is 72.4 Å². The van der Waals surface area contributed by atoms with Crippen LogP contribution in [-0.2, 0) is 6.18 Å². The van der Waals surface area contributed by atoms with E-state index in [1.54, 1.807) is 35.9 Å². The number of amides is 1. The molecule has 0 saturated heterocycles. The van der Waals surface area contributed by atoms with Crippen molar-refractivity contribution in [2.45, 2.75) is 19.5 Å². The molecule has 0 radical (unpaired) electrons. The number of allylic oxidation sites excluding steroid dienone is 4. The van der Waals surface area contributed by atoms with Crippen LogP contribution in [0.2, 0.25) is 0 Å². The van der Waals surface area contributed by atoms with Gasteiger partial charge in [0.05, 0.1) is 29.0 Å². The summed E-state index contributed by atoms with van der Waals surface area (Å²) in [5.41, 5.74) is 0.303. The first-order valence-electron chi connectivity index (χ1n) is 10.7. The number of pyridine rings is 1. The number of aromatic nitrogens is 3. The van der Waals surface area contributed by atoms with Crippen LogP contribution >= 0.6 is 0 Å². The van der Waals surface area contributed by atoms with E-state index >= 15 is 0 Å². The lowest BCUT2D eigenvalue weighted by Crippen LogP contribution is -2.29. The van der Waals surface area contributed by atoms with Gasteiger partial charge in [-0.1, -0.05) is 19.1 Å². The van der Waals surface area contributed by atoms with Crippen molar-refractivity contribution >= 4 is 11.4 Å². The predicted octanol–water partition coefficient (Wildman–Crippen LogP) is 6.18. The lowest BCUT2D eigenvalue weighted by Gasteiger charge is -2.21. The molecule has 0 bridgehead atoms. The molecule has 0 saturated carbocycles. The van der Waals surface area contributed by atoms with E-state index in [1.807, 2.05) is 0 Å². The Morgan fingerprint density at radius 2 is 2.03 bits per heavy atom. The highest BCUT2D eigenvalue weighted by Gasteiger charge is 2.36. The zero-order chi connectivity index (χ0) is 24.7. The number of hydrogen-bond donors (Lipinski definition) is 1. The minimum atomic E-state index is -4.75. The molecule has 1 atom stereocenters. The monoisotopic (exact) mass is 482 g/mol. The van der Waals surface area contributed by atoms with E-state index in [9.17, 15) is 22.4 Å². The van der Waals surface area contributed by atoms with Crippen molar-refractivity contribution in [3.05, 3.63) is 90.0 Å². The highest BCUT2D eigenvalue weighted by molar-refractivity contribution is 5.99. The van der Waals surface area contributed by atoms with E-state index in [0.29, 0.717) is 28.2 Å². The number of imidazole rings is 1. The number of carbonyl (C=O) groups excluding carboxylic acids is 1. The van der Waals surface area contributed by atoms with Crippen molar-refractivity contribution in [2.75, 3.05) is 0 Å². The van der Waals surface area contributed by atoms with Gasteiger partial charge < -0.3 is 9.73 Å².